The zero-order valence-electron chi connectivity index (χ0n) is 9.47. The standard InChI is InChI=1S/C12H21NO/c1-10-6-4-5-7-12(2,3)8-11(14)13-9-10/h4-5,10H,6-9H2,1-3H3,(H,13,14)/b5-4-. The number of rotatable bonds is 0. The number of carbonyl (C=O) groups excluding carboxylic acids is 1. The molecule has 0 fully saturated rings. The summed E-state index contributed by atoms with van der Waals surface area (Å²) >= 11 is 0. The fraction of sp³-hybridized carbons (Fsp3) is 0.750. The van der Waals surface area contributed by atoms with Gasteiger partial charge in [-0.25, -0.2) is 0 Å². The van der Waals surface area contributed by atoms with Crippen LogP contribution in [0.2, 0.25) is 0 Å². The number of amides is 1. The first-order valence-electron chi connectivity index (χ1n) is 5.41. The molecular weight excluding hydrogens is 174 g/mol. The van der Waals surface area contributed by atoms with Gasteiger partial charge in [-0.2, -0.15) is 0 Å². The van der Waals surface area contributed by atoms with Crippen molar-refractivity contribution in [3.63, 3.8) is 0 Å². The van der Waals surface area contributed by atoms with E-state index in [4.69, 9.17) is 0 Å². The zero-order chi connectivity index (χ0) is 10.6. The Hall–Kier alpha value is -0.790. The van der Waals surface area contributed by atoms with E-state index in [-0.39, 0.29) is 11.3 Å². The summed E-state index contributed by atoms with van der Waals surface area (Å²) in [6.45, 7) is 7.25. The van der Waals surface area contributed by atoms with Gasteiger partial charge < -0.3 is 5.32 Å². The molecule has 0 aromatic rings. The van der Waals surface area contributed by atoms with Crippen molar-refractivity contribution in [1.29, 1.82) is 0 Å². The van der Waals surface area contributed by atoms with Crippen LogP contribution < -0.4 is 5.32 Å². The topological polar surface area (TPSA) is 29.1 Å². The highest BCUT2D eigenvalue weighted by atomic mass is 16.1. The molecule has 0 bridgehead atoms. The fourth-order valence-corrected chi connectivity index (χ4v) is 1.67. The molecule has 14 heavy (non-hydrogen) atoms. The highest BCUT2D eigenvalue weighted by molar-refractivity contribution is 5.76. The molecule has 1 N–H and O–H groups in total. The molecule has 0 aliphatic carbocycles. The lowest BCUT2D eigenvalue weighted by molar-refractivity contribution is -0.123. The minimum absolute atomic E-state index is 0.0984. The Morgan fingerprint density at radius 1 is 1.43 bits per heavy atom. The second-order valence-electron chi connectivity index (χ2n) is 5.16. The average molecular weight is 195 g/mol. The van der Waals surface area contributed by atoms with Crippen LogP contribution in [0.1, 0.15) is 40.0 Å². The van der Waals surface area contributed by atoms with Crippen LogP contribution in [0.4, 0.5) is 0 Å². The molecule has 0 saturated heterocycles. The van der Waals surface area contributed by atoms with E-state index in [9.17, 15) is 4.79 Å². The van der Waals surface area contributed by atoms with Gasteiger partial charge in [0.05, 0.1) is 0 Å². The predicted octanol–water partition coefficient (Wildman–Crippen LogP) is 2.50. The Morgan fingerprint density at radius 2 is 2.14 bits per heavy atom. The molecule has 0 radical (unpaired) electrons. The fourth-order valence-electron chi connectivity index (χ4n) is 1.67. The minimum atomic E-state index is 0.0984. The molecule has 1 aliphatic heterocycles. The van der Waals surface area contributed by atoms with Gasteiger partial charge in [-0.15, -0.1) is 0 Å². The lowest BCUT2D eigenvalue weighted by Gasteiger charge is -2.24. The summed E-state index contributed by atoms with van der Waals surface area (Å²) in [4.78, 5) is 11.5. The molecule has 1 rings (SSSR count). The molecule has 80 valence electrons. The number of hydrogen-bond acceptors (Lipinski definition) is 1. The lowest BCUT2D eigenvalue weighted by Crippen LogP contribution is -2.32. The van der Waals surface area contributed by atoms with Gasteiger partial charge in [0.25, 0.3) is 0 Å². The van der Waals surface area contributed by atoms with E-state index in [1.165, 1.54) is 0 Å². The molecule has 1 aliphatic rings. The molecule has 0 saturated carbocycles. The van der Waals surface area contributed by atoms with Crippen molar-refractivity contribution in [3.8, 4) is 0 Å². The Bertz CT molecular complexity index is 230. The van der Waals surface area contributed by atoms with Crippen LogP contribution in [0, 0.1) is 11.3 Å². The second kappa shape index (κ2) is 4.63. The predicted molar refractivity (Wildman–Crippen MR) is 58.9 cm³/mol. The van der Waals surface area contributed by atoms with Crippen molar-refractivity contribution in [1.82, 2.24) is 5.32 Å². The molecule has 1 unspecified atom stereocenters. The Kier molecular flexibility index (Phi) is 3.73. The quantitative estimate of drug-likeness (QED) is 0.591. The summed E-state index contributed by atoms with van der Waals surface area (Å²) < 4.78 is 0. The average Bonchev–Trinajstić information content (AvgIpc) is 2.07. The normalized spacial score (nSPS) is 30.5. The Morgan fingerprint density at radius 3 is 2.86 bits per heavy atom. The van der Waals surface area contributed by atoms with Crippen LogP contribution >= 0.6 is 0 Å². The monoisotopic (exact) mass is 195 g/mol. The number of hydrogen-bond donors (Lipinski definition) is 1. The first-order chi connectivity index (χ1) is 6.49. The Balaban J connectivity index is 2.62. The van der Waals surface area contributed by atoms with Gasteiger partial charge in [-0.1, -0.05) is 32.9 Å². The van der Waals surface area contributed by atoms with Crippen molar-refractivity contribution >= 4 is 5.91 Å². The highest BCUT2D eigenvalue weighted by Crippen LogP contribution is 2.26. The van der Waals surface area contributed by atoms with Crippen molar-refractivity contribution in [2.45, 2.75) is 40.0 Å². The minimum Gasteiger partial charge on any atom is -0.356 e. The SMILES string of the molecule is CC1C/C=C\CC(C)(C)CC(=O)NC1. The van der Waals surface area contributed by atoms with Crippen molar-refractivity contribution in [3.05, 3.63) is 12.2 Å². The third kappa shape index (κ3) is 3.95. The third-order valence-corrected chi connectivity index (χ3v) is 2.66. The summed E-state index contributed by atoms with van der Waals surface area (Å²) in [5.41, 5.74) is 0.0984. The molecule has 0 spiro atoms. The van der Waals surface area contributed by atoms with E-state index in [0.29, 0.717) is 12.3 Å². The zero-order valence-corrected chi connectivity index (χ0v) is 9.47. The molecule has 2 heteroatoms. The van der Waals surface area contributed by atoms with Gasteiger partial charge in [0.15, 0.2) is 0 Å². The summed E-state index contributed by atoms with van der Waals surface area (Å²) in [6, 6.07) is 0. The first-order valence-corrected chi connectivity index (χ1v) is 5.41. The number of allylic oxidation sites excluding steroid dienone is 2. The van der Waals surface area contributed by atoms with Crippen LogP contribution in [-0.4, -0.2) is 12.5 Å². The largest absolute Gasteiger partial charge is 0.356 e. The molecule has 2 nitrogen and oxygen atoms in total. The van der Waals surface area contributed by atoms with Crippen LogP contribution in [0.5, 0.6) is 0 Å². The van der Waals surface area contributed by atoms with E-state index in [1.54, 1.807) is 0 Å². The van der Waals surface area contributed by atoms with Gasteiger partial charge in [0.2, 0.25) is 5.91 Å². The first kappa shape index (κ1) is 11.3. The van der Waals surface area contributed by atoms with E-state index in [2.05, 4.69) is 38.2 Å². The lowest BCUT2D eigenvalue weighted by atomic mass is 9.84. The van der Waals surface area contributed by atoms with Gasteiger partial charge in [-0.3, -0.25) is 4.79 Å². The van der Waals surface area contributed by atoms with E-state index in [0.717, 1.165) is 19.4 Å². The van der Waals surface area contributed by atoms with Gasteiger partial charge in [0.1, 0.15) is 0 Å². The second-order valence-corrected chi connectivity index (χ2v) is 5.16. The summed E-state index contributed by atoms with van der Waals surface area (Å²) in [6.07, 6.45) is 7.15. The molecule has 0 aromatic carbocycles. The molecule has 1 atom stereocenters. The van der Waals surface area contributed by atoms with Crippen LogP contribution in [0.25, 0.3) is 0 Å². The maximum atomic E-state index is 11.5. The van der Waals surface area contributed by atoms with Gasteiger partial charge in [-0.05, 0) is 24.2 Å². The third-order valence-electron chi connectivity index (χ3n) is 2.66. The van der Waals surface area contributed by atoms with Crippen molar-refractivity contribution in [2.75, 3.05) is 6.54 Å². The summed E-state index contributed by atoms with van der Waals surface area (Å²) in [7, 11) is 0. The van der Waals surface area contributed by atoms with Crippen molar-refractivity contribution in [2.24, 2.45) is 11.3 Å². The number of carbonyl (C=O) groups is 1. The van der Waals surface area contributed by atoms with Gasteiger partial charge >= 0.3 is 0 Å². The van der Waals surface area contributed by atoms with Gasteiger partial charge in [0, 0.05) is 13.0 Å². The van der Waals surface area contributed by atoms with E-state index in [1.807, 2.05) is 0 Å². The molecule has 1 heterocycles. The summed E-state index contributed by atoms with van der Waals surface area (Å²) in [5, 5.41) is 2.98. The Labute approximate surface area is 86.8 Å². The maximum Gasteiger partial charge on any atom is 0.220 e. The van der Waals surface area contributed by atoms with Crippen LogP contribution in [0.3, 0.4) is 0 Å². The smallest absolute Gasteiger partial charge is 0.220 e. The van der Waals surface area contributed by atoms with Crippen LogP contribution in [-0.2, 0) is 4.79 Å². The van der Waals surface area contributed by atoms with Crippen LogP contribution in [0.15, 0.2) is 12.2 Å². The molecule has 1 amide bonds. The summed E-state index contributed by atoms with van der Waals surface area (Å²) in [5.74, 6) is 0.744. The van der Waals surface area contributed by atoms with E-state index >= 15 is 0 Å². The maximum absolute atomic E-state index is 11.5. The number of nitrogens with one attached hydrogen (secondary N) is 1. The van der Waals surface area contributed by atoms with Crippen molar-refractivity contribution < 1.29 is 4.79 Å². The molecular formula is C12H21NO. The van der Waals surface area contributed by atoms with E-state index < -0.39 is 0 Å². The molecule has 0 aromatic heterocycles. The highest BCUT2D eigenvalue weighted by Gasteiger charge is 2.21.